The van der Waals surface area contributed by atoms with Crippen LogP contribution in [0.3, 0.4) is 0 Å². The first-order valence-corrected chi connectivity index (χ1v) is 6.27. The fraction of sp³-hybridized carbons (Fsp3) is 0.615. The average Bonchev–Trinajstić information content (AvgIpc) is 2.66. The highest BCUT2D eigenvalue weighted by atomic mass is 16.3. The highest BCUT2D eigenvalue weighted by Crippen LogP contribution is 2.29. The largest absolute Gasteiger partial charge is 0.467 e. The van der Waals surface area contributed by atoms with E-state index < -0.39 is 0 Å². The van der Waals surface area contributed by atoms with E-state index in [4.69, 9.17) is 4.42 Å². The minimum atomic E-state index is -0.117. The Morgan fingerprint density at radius 1 is 1.41 bits per heavy atom. The first-order chi connectivity index (χ1) is 8.16. The Hall–Kier alpha value is -1.45. The molecule has 0 bridgehead atoms. The number of amides is 2. The molecule has 94 valence electrons. The van der Waals surface area contributed by atoms with Crippen molar-refractivity contribution in [3.05, 3.63) is 24.2 Å². The maximum absolute atomic E-state index is 11.7. The molecule has 1 fully saturated rings. The van der Waals surface area contributed by atoms with Crippen LogP contribution in [-0.4, -0.2) is 12.1 Å². The van der Waals surface area contributed by atoms with E-state index in [0.29, 0.717) is 5.92 Å². The van der Waals surface area contributed by atoms with Gasteiger partial charge in [0.25, 0.3) is 0 Å². The highest BCUT2D eigenvalue weighted by molar-refractivity contribution is 5.74. The molecule has 4 heteroatoms. The van der Waals surface area contributed by atoms with Gasteiger partial charge in [-0.15, -0.1) is 0 Å². The lowest BCUT2D eigenvalue weighted by Gasteiger charge is -2.32. The van der Waals surface area contributed by atoms with Crippen LogP contribution in [0.2, 0.25) is 0 Å². The number of carbonyl (C=O) groups is 1. The Bertz CT molecular complexity index is 358. The summed E-state index contributed by atoms with van der Waals surface area (Å²) < 4.78 is 5.24. The minimum absolute atomic E-state index is 0.0985. The maximum Gasteiger partial charge on any atom is 0.315 e. The summed E-state index contributed by atoms with van der Waals surface area (Å²) in [6.07, 6.45) is 5.37. The van der Waals surface area contributed by atoms with Crippen molar-refractivity contribution < 1.29 is 9.21 Å². The lowest BCUT2D eigenvalue weighted by atomic mass is 9.80. The van der Waals surface area contributed by atoms with Crippen molar-refractivity contribution in [2.45, 2.75) is 45.2 Å². The zero-order valence-electron chi connectivity index (χ0n) is 10.4. The lowest BCUT2D eigenvalue weighted by Crippen LogP contribution is -2.46. The van der Waals surface area contributed by atoms with Crippen LogP contribution in [0.5, 0.6) is 0 Å². The molecular formula is C13H20N2O2. The van der Waals surface area contributed by atoms with Crippen molar-refractivity contribution in [2.24, 2.45) is 5.92 Å². The van der Waals surface area contributed by atoms with Gasteiger partial charge in [-0.05, 0) is 44.7 Å². The predicted molar refractivity (Wildman–Crippen MR) is 65.6 cm³/mol. The number of rotatable bonds is 4. The molecule has 2 N–H and O–H groups in total. The molecule has 0 radical (unpaired) electrons. The van der Waals surface area contributed by atoms with Crippen molar-refractivity contribution in [2.75, 3.05) is 0 Å². The molecule has 1 aromatic heterocycles. The van der Waals surface area contributed by atoms with Gasteiger partial charge in [0.1, 0.15) is 5.76 Å². The molecule has 2 unspecified atom stereocenters. The monoisotopic (exact) mass is 236 g/mol. The number of nitrogens with one attached hydrogen (secondary N) is 2. The van der Waals surface area contributed by atoms with Gasteiger partial charge in [-0.1, -0.05) is 6.42 Å². The number of urea groups is 1. The second-order valence-electron chi connectivity index (χ2n) is 4.83. The summed E-state index contributed by atoms with van der Waals surface area (Å²) in [6.45, 7) is 3.98. The fourth-order valence-electron chi connectivity index (χ4n) is 2.11. The van der Waals surface area contributed by atoms with Crippen molar-refractivity contribution in [3.8, 4) is 0 Å². The molecule has 0 spiro atoms. The van der Waals surface area contributed by atoms with Gasteiger partial charge < -0.3 is 15.1 Å². The van der Waals surface area contributed by atoms with Crippen LogP contribution in [0.1, 0.15) is 44.9 Å². The normalized spacial score (nSPS) is 19.2. The number of furan rings is 1. The van der Waals surface area contributed by atoms with Crippen LogP contribution in [0.4, 0.5) is 4.79 Å². The maximum atomic E-state index is 11.7. The lowest BCUT2D eigenvalue weighted by molar-refractivity contribution is 0.210. The molecule has 1 saturated carbocycles. The summed E-state index contributed by atoms with van der Waals surface area (Å²) in [6, 6.07) is 3.72. The van der Waals surface area contributed by atoms with E-state index in [9.17, 15) is 4.79 Å². The standard InChI is InChI=1S/C13H20N2O2/c1-9(11-5-3-6-11)14-13(16)15-10(2)12-7-4-8-17-12/h4,7-11H,3,5-6H2,1-2H3,(H2,14,15,16). The van der Waals surface area contributed by atoms with Crippen LogP contribution in [-0.2, 0) is 0 Å². The molecule has 1 heterocycles. The predicted octanol–water partition coefficient (Wildman–Crippen LogP) is 2.83. The Labute approximate surface area is 102 Å². The summed E-state index contributed by atoms with van der Waals surface area (Å²) in [5, 5.41) is 5.86. The number of carbonyl (C=O) groups excluding carboxylic acids is 1. The van der Waals surface area contributed by atoms with E-state index >= 15 is 0 Å². The molecule has 17 heavy (non-hydrogen) atoms. The van der Waals surface area contributed by atoms with E-state index in [1.54, 1.807) is 6.26 Å². The van der Waals surface area contributed by atoms with E-state index in [0.717, 1.165) is 5.76 Å². The third-order valence-corrected chi connectivity index (χ3v) is 3.53. The van der Waals surface area contributed by atoms with E-state index in [-0.39, 0.29) is 18.1 Å². The van der Waals surface area contributed by atoms with E-state index in [2.05, 4.69) is 17.6 Å². The van der Waals surface area contributed by atoms with E-state index in [1.807, 2.05) is 19.1 Å². The average molecular weight is 236 g/mol. The quantitative estimate of drug-likeness (QED) is 0.844. The van der Waals surface area contributed by atoms with Gasteiger partial charge in [0.05, 0.1) is 12.3 Å². The van der Waals surface area contributed by atoms with Crippen molar-refractivity contribution in [1.29, 1.82) is 0 Å². The van der Waals surface area contributed by atoms with Gasteiger partial charge in [-0.3, -0.25) is 0 Å². The molecule has 2 rings (SSSR count). The number of hydrogen-bond donors (Lipinski definition) is 2. The zero-order chi connectivity index (χ0) is 12.3. The smallest absolute Gasteiger partial charge is 0.315 e. The molecule has 1 aromatic rings. The van der Waals surface area contributed by atoms with Gasteiger partial charge in [-0.2, -0.15) is 0 Å². The zero-order valence-corrected chi connectivity index (χ0v) is 10.4. The topological polar surface area (TPSA) is 54.3 Å². The third-order valence-electron chi connectivity index (χ3n) is 3.53. The van der Waals surface area contributed by atoms with E-state index in [1.165, 1.54) is 19.3 Å². The van der Waals surface area contributed by atoms with Crippen LogP contribution >= 0.6 is 0 Å². The summed E-state index contributed by atoms with van der Waals surface area (Å²) in [4.78, 5) is 11.7. The highest BCUT2D eigenvalue weighted by Gasteiger charge is 2.25. The SMILES string of the molecule is CC(NC(=O)NC(C)C1CCC1)c1ccco1. The number of hydrogen-bond acceptors (Lipinski definition) is 2. The molecule has 2 amide bonds. The Morgan fingerprint density at radius 3 is 2.71 bits per heavy atom. The summed E-state index contributed by atoms with van der Waals surface area (Å²) in [7, 11) is 0. The first-order valence-electron chi connectivity index (χ1n) is 6.27. The second-order valence-corrected chi connectivity index (χ2v) is 4.83. The van der Waals surface area contributed by atoms with Crippen molar-refractivity contribution in [1.82, 2.24) is 10.6 Å². The van der Waals surface area contributed by atoms with Crippen LogP contribution < -0.4 is 10.6 Å². The molecule has 1 aliphatic carbocycles. The van der Waals surface area contributed by atoms with Crippen LogP contribution in [0.15, 0.2) is 22.8 Å². The second kappa shape index (κ2) is 5.25. The summed E-state index contributed by atoms with van der Waals surface area (Å²) >= 11 is 0. The Balaban J connectivity index is 1.76. The van der Waals surface area contributed by atoms with Gasteiger partial charge in [0.15, 0.2) is 0 Å². The molecule has 0 aliphatic heterocycles. The minimum Gasteiger partial charge on any atom is -0.467 e. The third kappa shape index (κ3) is 3.02. The Kier molecular flexibility index (Phi) is 3.71. The van der Waals surface area contributed by atoms with Gasteiger partial charge in [0.2, 0.25) is 0 Å². The van der Waals surface area contributed by atoms with Crippen molar-refractivity contribution in [3.63, 3.8) is 0 Å². The van der Waals surface area contributed by atoms with Crippen LogP contribution in [0, 0.1) is 5.92 Å². The van der Waals surface area contributed by atoms with Gasteiger partial charge in [0, 0.05) is 6.04 Å². The van der Waals surface area contributed by atoms with Gasteiger partial charge in [-0.25, -0.2) is 4.79 Å². The molecule has 1 aliphatic rings. The molecular weight excluding hydrogens is 216 g/mol. The molecule has 4 nitrogen and oxygen atoms in total. The summed E-state index contributed by atoms with van der Waals surface area (Å²) in [5.41, 5.74) is 0. The van der Waals surface area contributed by atoms with Gasteiger partial charge >= 0.3 is 6.03 Å². The van der Waals surface area contributed by atoms with Crippen molar-refractivity contribution >= 4 is 6.03 Å². The molecule has 2 atom stereocenters. The van der Waals surface area contributed by atoms with Crippen LogP contribution in [0.25, 0.3) is 0 Å². The summed E-state index contributed by atoms with van der Waals surface area (Å²) in [5.74, 6) is 1.43. The first kappa shape index (κ1) is 12.0. The fourth-order valence-corrected chi connectivity index (χ4v) is 2.11. The Morgan fingerprint density at radius 2 is 2.18 bits per heavy atom. The molecule has 0 aromatic carbocycles. The molecule has 0 saturated heterocycles.